The first-order valence-corrected chi connectivity index (χ1v) is 6.67. The molecule has 0 N–H and O–H groups in total. The zero-order chi connectivity index (χ0) is 15.7. The Kier molecular flexibility index (Phi) is 3.55. The van der Waals surface area contributed by atoms with E-state index >= 15 is 0 Å². The molecular weight excluding hydrogens is 286 g/mol. The van der Waals surface area contributed by atoms with Crippen LogP contribution in [0.3, 0.4) is 0 Å². The van der Waals surface area contributed by atoms with E-state index in [1.54, 1.807) is 25.1 Å². The molecule has 3 rings (SSSR count). The minimum Gasteiger partial charge on any atom is -0.267 e. The van der Waals surface area contributed by atoms with Gasteiger partial charge >= 0.3 is 0 Å². The molecule has 3 nitrogen and oxygen atoms in total. The maximum atomic E-state index is 13.0. The molecule has 0 saturated carbocycles. The van der Waals surface area contributed by atoms with Gasteiger partial charge in [0.05, 0.1) is 17.0 Å². The molecule has 0 spiro atoms. The van der Waals surface area contributed by atoms with Crippen molar-refractivity contribution < 1.29 is 13.6 Å². The fraction of sp³-hybridized carbons (Fsp3) is 0.0588. The van der Waals surface area contributed by atoms with Gasteiger partial charge < -0.3 is 0 Å². The van der Waals surface area contributed by atoms with Crippen LogP contribution >= 0.6 is 0 Å². The summed E-state index contributed by atoms with van der Waals surface area (Å²) in [5.74, 6) is -1.01. The summed E-state index contributed by atoms with van der Waals surface area (Å²) >= 11 is 0. The van der Waals surface area contributed by atoms with E-state index in [1.165, 1.54) is 41.4 Å². The lowest BCUT2D eigenvalue weighted by Gasteiger charge is -2.11. The highest BCUT2D eigenvalue weighted by atomic mass is 19.1. The second-order valence-corrected chi connectivity index (χ2v) is 4.89. The molecular formula is C17H12F2N2O. The number of rotatable bonds is 2. The molecule has 5 heteroatoms. The van der Waals surface area contributed by atoms with Crippen LogP contribution in [0.5, 0.6) is 0 Å². The maximum Gasteiger partial charge on any atom is 0.280 e. The minimum absolute atomic E-state index is 0.298. The summed E-state index contributed by atoms with van der Waals surface area (Å²) in [7, 11) is 0. The lowest BCUT2D eigenvalue weighted by Crippen LogP contribution is -2.21. The zero-order valence-electron chi connectivity index (χ0n) is 11.8. The van der Waals surface area contributed by atoms with Gasteiger partial charge in [0.2, 0.25) is 0 Å². The SMILES string of the molecule is CC1=NN(c2ccc(F)cc2)C(=O)/C1=C\c1ccc(F)cc1. The smallest absolute Gasteiger partial charge is 0.267 e. The molecule has 0 atom stereocenters. The first kappa shape index (κ1) is 14.1. The van der Waals surface area contributed by atoms with Crippen LogP contribution in [-0.4, -0.2) is 11.6 Å². The molecule has 22 heavy (non-hydrogen) atoms. The van der Waals surface area contributed by atoms with Crippen LogP contribution in [-0.2, 0) is 4.79 Å². The largest absolute Gasteiger partial charge is 0.280 e. The van der Waals surface area contributed by atoms with Crippen LogP contribution in [0.2, 0.25) is 0 Å². The third kappa shape index (κ3) is 2.65. The molecule has 2 aromatic rings. The molecule has 110 valence electrons. The van der Waals surface area contributed by atoms with E-state index in [0.29, 0.717) is 22.5 Å². The van der Waals surface area contributed by atoms with Crippen LogP contribution in [0.15, 0.2) is 59.2 Å². The van der Waals surface area contributed by atoms with Crippen LogP contribution in [0.4, 0.5) is 14.5 Å². The van der Waals surface area contributed by atoms with Crippen molar-refractivity contribution in [1.29, 1.82) is 0 Å². The lowest BCUT2D eigenvalue weighted by molar-refractivity contribution is -0.114. The Hall–Kier alpha value is -2.82. The fourth-order valence-electron chi connectivity index (χ4n) is 2.17. The summed E-state index contributed by atoms with van der Waals surface area (Å²) in [5, 5.41) is 5.43. The third-order valence-electron chi connectivity index (χ3n) is 3.31. The van der Waals surface area contributed by atoms with E-state index in [-0.39, 0.29) is 17.5 Å². The first-order valence-electron chi connectivity index (χ1n) is 6.67. The second-order valence-electron chi connectivity index (χ2n) is 4.89. The predicted molar refractivity (Wildman–Crippen MR) is 81.4 cm³/mol. The van der Waals surface area contributed by atoms with Crippen LogP contribution in [0.1, 0.15) is 12.5 Å². The number of hydrogen-bond acceptors (Lipinski definition) is 2. The van der Waals surface area contributed by atoms with Crippen LogP contribution in [0.25, 0.3) is 6.08 Å². The Balaban J connectivity index is 1.92. The molecule has 1 aliphatic rings. The van der Waals surface area contributed by atoms with Gasteiger partial charge in [-0.1, -0.05) is 12.1 Å². The Labute approximate surface area is 126 Å². The first-order chi connectivity index (χ1) is 10.5. The number of hydrazone groups is 1. The topological polar surface area (TPSA) is 32.7 Å². The van der Waals surface area contributed by atoms with Crippen molar-refractivity contribution in [2.45, 2.75) is 6.92 Å². The summed E-state index contributed by atoms with van der Waals surface area (Å²) in [6.07, 6.45) is 1.66. The number of carbonyl (C=O) groups is 1. The van der Waals surface area contributed by atoms with Crippen molar-refractivity contribution in [3.05, 3.63) is 71.3 Å². The van der Waals surface area contributed by atoms with Gasteiger partial charge in [-0.25, -0.2) is 8.78 Å². The molecule has 0 saturated heterocycles. The summed E-state index contributed by atoms with van der Waals surface area (Å²) in [6, 6.07) is 11.4. The highest BCUT2D eigenvalue weighted by Gasteiger charge is 2.28. The number of amides is 1. The fourth-order valence-corrected chi connectivity index (χ4v) is 2.17. The van der Waals surface area contributed by atoms with Crippen molar-refractivity contribution >= 4 is 23.4 Å². The van der Waals surface area contributed by atoms with E-state index < -0.39 is 0 Å². The molecule has 0 aliphatic carbocycles. The Morgan fingerprint density at radius 2 is 1.50 bits per heavy atom. The molecule has 1 aliphatic heterocycles. The van der Waals surface area contributed by atoms with Crippen LogP contribution in [0, 0.1) is 11.6 Å². The summed E-state index contributed by atoms with van der Waals surface area (Å²) in [4.78, 5) is 12.4. The van der Waals surface area contributed by atoms with Gasteiger partial charge in [-0.3, -0.25) is 4.79 Å². The van der Waals surface area contributed by atoms with E-state index in [2.05, 4.69) is 5.10 Å². The molecule has 2 aromatic carbocycles. The average Bonchev–Trinajstić information content (AvgIpc) is 2.78. The maximum absolute atomic E-state index is 13.0. The number of hydrogen-bond donors (Lipinski definition) is 0. The molecule has 0 aromatic heterocycles. The predicted octanol–water partition coefficient (Wildman–Crippen LogP) is 3.77. The summed E-state index contributed by atoms with van der Waals surface area (Å²) < 4.78 is 25.9. The summed E-state index contributed by atoms with van der Waals surface area (Å²) in [5.41, 5.74) is 2.18. The second kappa shape index (κ2) is 5.52. The van der Waals surface area contributed by atoms with E-state index in [1.807, 2.05) is 0 Å². The number of carbonyl (C=O) groups excluding carboxylic acids is 1. The number of benzene rings is 2. The van der Waals surface area contributed by atoms with Gasteiger partial charge in [0, 0.05) is 0 Å². The van der Waals surface area contributed by atoms with Crippen molar-refractivity contribution in [1.82, 2.24) is 0 Å². The monoisotopic (exact) mass is 298 g/mol. The zero-order valence-corrected chi connectivity index (χ0v) is 11.8. The molecule has 0 radical (unpaired) electrons. The molecule has 0 fully saturated rings. The van der Waals surface area contributed by atoms with Gasteiger partial charge in [-0.05, 0) is 55.0 Å². The van der Waals surface area contributed by atoms with Crippen molar-refractivity contribution in [3.63, 3.8) is 0 Å². The average molecular weight is 298 g/mol. The Bertz CT molecular complexity index is 777. The highest BCUT2D eigenvalue weighted by molar-refractivity contribution is 6.32. The molecule has 1 amide bonds. The molecule has 1 heterocycles. The van der Waals surface area contributed by atoms with Crippen LogP contribution < -0.4 is 5.01 Å². The Morgan fingerprint density at radius 3 is 2.09 bits per heavy atom. The van der Waals surface area contributed by atoms with Gasteiger partial charge in [-0.2, -0.15) is 10.1 Å². The highest BCUT2D eigenvalue weighted by Crippen LogP contribution is 2.25. The van der Waals surface area contributed by atoms with Gasteiger partial charge in [0.1, 0.15) is 11.6 Å². The normalized spacial score (nSPS) is 16.3. The van der Waals surface area contributed by atoms with Crippen molar-refractivity contribution in [2.75, 3.05) is 5.01 Å². The van der Waals surface area contributed by atoms with E-state index in [0.717, 1.165) is 0 Å². The summed E-state index contributed by atoms with van der Waals surface area (Å²) in [6.45, 7) is 1.72. The number of anilines is 1. The quantitative estimate of drug-likeness (QED) is 0.777. The molecule has 0 bridgehead atoms. The third-order valence-corrected chi connectivity index (χ3v) is 3.31. The number of halogens is 2. The number of nitrogens with zero attached hydrogens (tertiary/aromatic N) is 2. The Morgan fingerprint density at radius 1 is 0.955 bits per heavy atom. The van der Waals surface area contributed by atoms with E-state index in [4.69, 9.17) is 0 Å². The standard InChI is InChI=1S/C17H12F2N2O/c1-11-16(10-12-2-4-13(18)5-3-12)17(22)21(20-11)15-8-6-14(19)7-9-15/h2-10H,1H3/b16-10-. The minimum atomic E-state index is -0.377. The van der Waals surface area contributed by atoms with Crippen molar-refractivity contribution in [3.8, 4) is 0 Å². The van der Waals surface area contributed by atoms with E-state index in [9.17, 15) is 13.6 Å². The van der Waals surface area contributed by atoms with Gasteiger partial charge in [0.25, 0.3) is 5.91 Å². The van der Waals surface area contributed by atoms with Gasteiger partial charge in [0.15, 0.2) is 0 Å². The van der Waals surface area contributed by atoms with Gasteiger partial charge in [-0.15, -0.1) is 0 Å². The lowest BCUT2D eigenvalue weighted by atomic mass is 10.1. The molecule has 0 unspecified atom stereocenters. The van der Waals surface area contributed by atoms with Crippen molar-refractivity contribution in [2.24, 2.45) is 5.10 Å².